The highest BCUT2D eigenvalue weighted by molar-refractivity contribution is 5.94. The first-order valence-electron chi connectivity index (χ1n) is 10.1. The molecule has 1 atom stereocenters. The van der Waals surface area contributed by atoms with Crippen molar-refractivity contribution in [1.29, 1.82) is 0 Å². The van der Waals surface area contributed by atoms with Gasteiger partial charge in [0.2, 0.25) is 0 Å². The van der Waals surface area contributed by atoms with Gasteiger partial charge in [0.15, 0.2) is 0 Å². The molecule has 0 bridgehead atoms. The Bertz CT molecular complexity index is 975. The number of benzene rings is 2. The number of amides is 1. The summed E-state index contributed by atoms with van der Waals surface area (Å²) in [5, 5.41) is 10.2. The molecule has 0 heterocycles. The molecule has 2 aromatic carbocycles. The molecule has 0 spiro atoms. The molecular weight excluding hydrogens is 444 g/mol. The van der Waals surface area contributed by atoms with Gasteiger partial charge in [-0.05, 0) is 54.7 Å². The van der Waals surface area contributed by atoms with Crippen LogP contribution in [0.4, 0.5) is 17.6 Å². The Morgan fingerprint density at radius 2 is 1.79 bits per heavy atom. The van der Waals surface area contributed by atoms with Gasteiger partial charge in [-0.3, -0.25) is 4.79 Å². The molecule has 0 saturated heterocycles. The first-order valence-corrected chi connectivity index (χ1v) is 10.1. The summed E-state index contributed by atoms with van der Waals surface area (Å²) in [7, 11) is 0. The zero-order valence-electron chi connectivity index (χ0n) is 17.6. The Balaban J connectivity index is 0.000000479. The van der Waals surface area contributed by atoms with Crippen LogP contribution < -0.4 is 15.8 Å². The van der Waals surface area contributed by atoms with E-state index in [1.165, 1.54) is 11.1 Å². The molecule has 33 heavy (non-hydrogen) atoms. The Morgan fingerprint density at radius 3 is 2.36 bits per heavy atom. The van der Waals surface area contributed by atoms with Crippen LogP contribution in [0.5, 0.6) is 5.75 Å². The zero-order chi connectivity index (χ0) is 24.4. The summed E-state index contributed by atoms with van der Waals surface area (Å²) in [4.78, 5) is 21.5. The van der Waals surface area contributed by atoms with Gasteiger partial charge < -0.3 is 20.9 Å². The van der Waals surface area contributed by atoms with Crippen LogP contribution >= 0.6 is 0 Å². The van der Waals surface area contributed by atoms with E-state index in [0.717, 1.165) is 19.3 Å². The van der Waals surface area contributed by atoms with E-state index in [1.807, 2.05) is 12.1 Å². The maximum atomic E-state index is 12.6. The molecule has 4 N–H and O–H groups in total. The largest absolute Gasteiger partial charge is 0.490 e. The van der Waals surface area contributed by atoms with Crippen LogP contribution in [0.1, 0.15) is 40.4 Å². The highest BCUT2D eigenvalue weighted by Crippen LogP contribution is 2.29. The number of carbonyl (C=O) groups excluding carboxylic acids is 1. The van der Waals surface area contributed by atoms with Crippen molar-refractivity contribution < 1.29 is 37.0 Å². The third-order valence-electron chi connectivity index (χ3n) is 4.87. The first-order chi connectivity index (χ1) is 15.7. The van der Waals surface area contributed by atoms with Crippen LogP contribution in [0, 0.1) is 0 Å². The van der Waals surface area contributed by atoms with E-state index in [-0.39, 0.29) is 25.1 Å². The van der Waals surface area contributed by atoms with Crippen molar-refractivity contribution in [2.45, 2.75) is 31.5 Å². The molecule has 3 rings (SSSR count). The Morgan fingerprint density at radius 1 is 1.15 bits per heavy atom. The lowest BCUT2D eigenvalue weighted by Crippen LogP contribution is -2.30. The van der Waals surface area contributed by atoms with Crippen molar-refractivity contribution in [3.63, 3.8) is 0 Å². The summed E-state index contributed by atoms with van der Waals surface area (Å²) in [6.07, 6.45) is -1.54. The number of hydrogen-bond donors (Lipinski definition) is 3. The number of nitrogens with one attached hydrogen (secondary N) is 1. The lowest BCUT2D eigenvalue weighted by molar-refractivity contribution is -0.192. The van der Waals surface area contributed by atoms with E-state index in [9.17, 15) is 22.4 Å². The fraction of sp³-hybridized carbons (Fsp3) is 0.304. The van der Waals surface area contributed by atoms with Crippen molar-refractivity contribution in [2.75, 3.05) is 13.2 Å². The van der Waals surface area contributed by atoms with Gasteiger partial charge in [-0.2, -0.15) is 13.2 Å². The third kappa shape index (κ3) is 7.90. The summed E-state index contributed by atoms with van der Waals surface area (Å²) in [5.41, 5.74) is 8.86. The molecule has 0 radical (unpaired) electrons. The number of hydrogen-bond acceptors (Lipinski definition) is 4. The van der Waals surface area contributed by atoms with Crippen LogP contribution in [0.25, 0.3) is 0 Å². The number of fused-ring (bicyclic) bond motifs is 1. The number of rotatable bonds is 6. The number of carbonyl (C=O) groups is 2. The van der Waals surface area contributed by atoms with Crippen LogP contribution in [0.15, 0.2) is 60.4 Å². The van der Waals surface area contributed by atoms with Gasteiger partial charge in [0, 0.05) is 17.7 Å². The van der Waals surface area contributed by atoms with Crippen LogP contribution in [-0.4, -0.2) is 36.3 Å². The van der Waals surface area contributed by atoms with Gasteiger partial charge in [0.05, 0.1) is 12.4 Å². The van der Waals surface area contributed by atoms with Gasteiger partial charge in [-0.1, -0.05) is 24.3 Å². The van der Waals surface area contributed by atoms with Gasteiger partial charge in [-0.25, -0.2) is 9.18 Å². The second-order valence-corrected chi connectivity index (χ2v) is 7.20. The van der Waals surface area contributed by atoms with Crippen LogP contribution in [0.2, 0.25) is 0 Å². The highest BCUT2D eigenvalue weighted by atomic mass is 19.4. The topological polar surface area (TPSA) is 102 Å². The number of ether oxygens (including phenoxy) is 1. The molecular formula is C23H24F4N2O4. The Kier molecular flexibility index (Phi) is 9.41. The summed E-state index contributed by atoms with van der Waals surface area (Å²) in [5.74, 6) is -2.30. The van der Waals surface area contributed by atoms with E-state index < -0.39 is 12.1 Å². The monoisotopic (exact) mass is 468 g/mol. The van der Waals surface area contributed by atoms with Gasteiger partial charge in [-0.15, -0.1) is 0 Å². The van der Waals surface area contributed by atoms with E-state index in [0.29, 0.717) is 23.2 Å². The second-order valence-electron chi connectivity index (χ2n) is 7.20. The molecule has 0 unspecified atom stereocenters. The zero-order valence-corrected chi connectivity index (χ0v) is 17.6. The SMILES string of the molecule is NC/C(=C/F)COc1ccc(C(=O)N[C@H]2CCCc3ccccc32)cc1.O=C(O)C(F)(F)F. The van der Waals surface area contributed by atoms with E-state index in [1.54, 1.807) is 24.3 Å². The lowest BCUT2D eigenvalue weighted by atomic mass is 9.87. The number of carboxylic acids is 1. The molecule has 0 saturated carbocycles. The maximum absolute atomic E-state index is 12.6. The average Bonchev–Trinajstić information content (AvgIpc) is 2.80. The smallest absolute Gasteiger partial charge is 0.489 e. The molecule has 0 aromatic heterocycles. The molecule has 1 aliphatic carbocycles. The lowest BCUT2D eigenvalue weighted by Gasteiger charge is -2.26. The quantitative estimate of drug-likeness (QED) is 0.548. The van der Waals surface area contributed by atoms with Crippen molar-refractivity contribution in [2.24, 2.45) is 5.73 Å². The number of aliphatic carboxylic acids is 1. The number of carboxylic acid groups (broad SMARTS) is 1. The minimum absolute atomic E-state index is 0.0465. The van der Waals surface area contributed by atoms with Crippen LogP contribution in [-0.2, 0) is 11.2 Å². The number of alkyl halides is 3. The van der Waals surface area contributed by atoms with E-state index in [4.69, 9.17) is 20.4 Å². The molecule has 1 aliphatic rings. The average molecular weight is 468 g/mol. The van der Waals surface area contributed by atoms with E-state index >= 15 is 0 Å². The predicted octanol–water partition coefficient (Wildman–Crippen LogP) is 4.32. The van der Waals surface area contributed by atoms with Crippen molar-refractivity contribution >= 4 is 11.9 Å². The number of aryl methyl sites for hydroxylation is 1. The molecule has 0 fully saturated rings. The summed E-state index contributed by atoms with van der Waals surface area (Å²) < 4.78 is 49.7. The van der Waals surface area contributed by atoms with Crippen molar-refractivity contribution in [3.8, 4) is 5.75 Å². The second kappa shape index (κ2) is 12.0. The van der Waals surface area contributed by atoms with E-state index in [2.05, 4.69) is 17.4 Å². The normalized spacial score (nSPS) is 15.5. The van der Waals surface area contributed by atoms with Gasteiger partial charge in [0.25, 0.3) is 5.91 Å². The molecule has 10 heteroatoms. The summed E-state index contributed by atoms with van der Waals surface area (Å²) in [6, 6.07) is 15.1. The Labute approximate surface area is 188 Å². The fourth-order valence-corrected chi connectivity index (χ4v) is 3.16. The summed E-state index contributed by atoms with van der Waals surface area (Å²) >= 11 is 0. The Hall–Kier alpha value is -3.40. The van der Waals surface area contributed by atoms with Crippen LogP contribution in [0.3, 0.4) is 0 Å². The first kappa shape index (κ1) is 25.9. The minimum Gasteiger partial charge on any atom is -0.489 e. The van der Waals surface area contributed by atoms with Crippen molar-refractivity contribution in [1.82, 2.24) is 5.32 Å². The molecule has 178 valence electrons. The van der Waals surface area contributed by atoms with Gasteiger partial charge in [0.1, 0.15) is 12.4 Å². The molecule has 0 aliphatic heterocycles. The molecule has 6 nitrogen and oxygen atoms in total. The number of nitrogens with two attached hydrogens (primary N) is 1. The maximum Gasteiger partial charge on any atom is 0.490 e. The predicted molar refractivity (Wildman–Crippen MR) is 113 cm³/mol. The summed E-state index contributed by atoms with van der Waals surface area (Å²) in [6.45, 7) is 0.206. The third-order valence-corrected chi connectivity index (χ3v) is 4.87. The standard InChI is InChI=1S/C21H23FN2O2.C2HF3O2/c22-12-15(13-23)14-26-18-10-8-17(9-11-18)21(25)24-20-7-3-5-16-4-1-2-6-19(16)20;3-2(4,5)1(6)7/h1-2,4,6,8-12,20H,3,5,7,13-14,23H2,(H,24,25);(H,6,7)/b15-12-;/t20-;/m0./s1. The fourth-order valence-electron chi connectivity index (χ4n) is 3.16. The highest BCUT2D eigenvalue weighted by Gasteiger charge is 2.38. The molecule has 2 aromatic rings. The molecule has 1 amide bonds. The minimum atomic E-state index is -5.08. The number of halogens is 4. The van der Waals surface area contributed by atoms with Gasteiger partial charge >= 0.3 is 12.1 Å². The van der Waals surface area contributed by atoms with Crippen molar-refractivity contribution in [3.05, 3.63) is 77.1 Å².